The number of fused-ring (bicyclic) bond motifs is 1. The normalized spacial score (nSPS) is 10.7. The molecule has 0 radical (unpaired) electrons. The van der Waals surface area contributed by atoms with Crippen LogP contribution in [0.1, 0.15) is 4.88 Å². The van der Waals surface area contributed by atoms with Gasteiger partial charge in [0.25, 0.3) is 0 Å². The number of thiophene rings is 1. The van der Waals surface area contributed by atoms with Gasteiger partial charge in [-0.3, -0.25) is 9.78 Å². The number of hydrogen-bond donors (Lipinski definition) is 1. The Kier molecular flexibility index (Phi) is 4.79. The summed E-state index contributed by atoms with van der Waals surface area (Å²) < 4.78 is 1.14. The third kappa shape index (κ3) is 3.63. The summed E-state index contributed by atoms with van der Waals surface area (Å²) in [5.74, 6) is 0.00220. The number of amides is 1. The molecule has 0 saturated carbocycles. The van der Waals surface area contributed by atoms with Gasteiger partial charge in [-0.1, -0.05) is 29.8 Å². The van der Waals surface area contributed by atoms with Crippen molar-refractivity contribution < 1.29 is 4.79 Å². The maximum atomic E-state index is 12.3. The maximum Gasteiger partial charge on any atom is 0.241 e. The summed E-state index contributed by atoms with van der Waals surface area (Å²) in [7, 11) is 1.79. The van der Waals surface area contributed by atoms with E-state index in [2.05, 4.69) is 10.3 Å². The largest absolute Gasteiger partial charge is 0.375 e. The number of likely N-dealkylation sites (N-methyl/N-ethyl adjacent to an activating group) is 1. The predicted molar refractivity (Wildman–Crippen MR) is 96.0 cm³/mol. The number of benzene rings is 1. The van der Waals surface area contributed by atoms with Gasteiger partial charge in [-0.15, -0.1) is 11.3 Å². The van der Waals surface area contributed by atoms with Crippen LogP contribution in [0, 0.1) is 0 Å². The van der Waals surface area contributed by atoms with Crippen LogP contribution in [-0.4, -0.2) is 29.4 Å². The molecule has 0 saturated heterocycles. The van der Waals surface area contributed by atoms with Crippen LogP contribution in [-0.2, 0) is 11.3 Å². The van der Waals surface area contributed by atoms with Gasteiger partial charge in [-0.05, 0) is 18.2 Å². The van der Waals surface area contributed by atoms with E-state index in [0.717, 1.165) is 25.7 Å². The molecule has 23 heavy (non-hydrogen) atoms. The summed E-state index contributed by atoms with van der Waals surface area (Å²) in [5.41, 5.74) is 0.828. The zero-order valence-corrected chi connectivity index (χ0v) is 14.2. The second kappa shape index (κ2) is 6.98. The van der Waals surface area contributed by atoms with Crippen LogP contribution >= 0.6 is 22.9 Å². The molecule has 4 nitrogen and oxygen atoms in total. The lowest BCUT2D eigenvalue weighted by molar-refractivity contribution is -0.128. The molecule has 0 aliphatic carbocycles. The first kappa shape index (κ1) is 15.8. The predicted octanol–water partition coefficient (Wildman–Crippen LogP) is 4.02. The Hall–Kier alpha value is -2.11. The van der Waals surface area contributed by atoms with Crippen molar-refractivity contribution in [2.45, 2.75) is 6.54 Å². The van der Waals surface area contributed by atoms with E-state index in [1.54, 1.807) is 35.7 Å². The minimum absolute atomic E-state index is 0.00220. The number of rotatable bonds is 5. The Labute approximate surface area is 143 Å². The molecular formula is C17H16ClN3OS. The molecule has 0 atom stereocenters. The molecule has 2 heterocycles. The second-order valence-electron chi connectivity index (χ2n) is 5.18. The Balaban J connectivity index is 1.64. The average Bonchev–Trinajstić information content (AvgIpc) is 2.90. The number of carbonyl (C=O) groups excluding carboxylic acids is 1. The summed E-state index contributed by atoms with van der Waals surface area (Å²) in [6.07, 6.45) is 3.39. The minimum atomic E-state index is 0.00220. The first-order valence-electron chi connectivity index (χ1n) is 7.19. The van der Waals surface area contributed by atoms with Crippen molar-refractivity contribution >= 4 is 44.6 Å². The van der Waals surface area contributed by atoms with Crippen LogP contribution < -0.4 is 5.32 Å². The molecule has 0 spiro atoms. The molecule has 0 aliphatic rings. The topological polar surface area (TPSA) is 45.2 Å². The average molecular weight is 346 g/mol. The Morgan fingerprint density at radius 1 is 1.30 bits per heavy atom. The highest BCUT2D eigenvalue weighted by Crippen LogP contribution is 2.35. The van der Waals surface area contributed by atoms with Gasteiger partial charge in [0.1, 0.15) is 0 Å². The van der Waals surface area contributed by atoms with Gasteiger partial charge in [0.05, 0.1) is 23.8 Å². The number of pyridine rings is 1. The summed E-state index contributed by atoms with van der Waals surface area (Å²) in [6.45, 7) is 0.733. The van der Waals surface area contributed by atoms with Crippen molar-refractivity contribution in [2.75, 3.05) is 18.9 Å². The zero-order chi connectivity index (χ0) is 16.2. The van der Waals surface area contributed by atoms with E-state index in [-0.39, 0.29) is 12.5 Å². The van der Waals surface area contributed by atoms with Crippen molar-refractivity contribution in [1.82, 2.24) is 9.88 Å². The van der Waals surface area contributed by atoms with Crippen molar-refractivity contribution in [3.63, 3.8) is 0 Å². The number of hydrogen-bond acceptors (Lipinski definition) is 4. The van der Waals surface area contributed by atoms with Crippen LogP contribution in [0.2, 0.25) is 5.02 Å². The summed E-state index contributed by atoms with van der Waals surface area (Å²) in [4.78, 5) is 18.9. The van der Waals surface area contributed by atoms with Gasteiger partial charge in [-0.25, -0.2) is 0 Å². The fourth-order valence-electron chi connectivity index (χ4n) is 2.25. The highest BCUT2D eigenvalue weighted by atomic mass is 35.5. The standard InChI is InChI=1S/C17H16ClN3OS/c1-21(16(22)10-20-12-5-4-8-19-9-12)11-15-17(18)13-6-2-3-7-14(13)23-15/h2-9,20H,10-11H2,1H3. The number of nitrogens with one attached hydrogen (secondary N) is 1. The number of nitrogens with zero attached hydrogens (tertiary/aromatic N) is 2. The number of halogens is 1. The lowest BCUT2D eigenvalue weighted by atomic mass is 10.2. The fourth-order valence-corrected chi connectivity index (χ4v) is 3.80. The van der Waals surface area contributed by atoms with E-state index in [4.69, 9.17) is 11.6 Å². The minimum Gasteiger partial charge on any atom is -0.375 e. The summed E-state index contributed by atoms with van der Waals surface area (Å²) >= 11 is 8.06. The second-order valence-corrected chi connectivity index (χ2v) is 6.70. The Bertz CT molecular complexity index is 819. The van der Waals surface area contributed by atoms with Crippen molar-refractivity contribution in [2.24, 2.45) is 0 Å². The molecule has 1 amide bonds. The van der Waals surface area contributed by atoms with Gasteiger partial charge >= 0.3 is 0 Å². The quantitative estimate of drug-likeness (QED) is 0.759. The number of anilines is 1. The Morgan fingerprint density at radius 3 is 2.87 bits per heavy atom. The first-order chi connectivity index (χ1) is 11.1. The molecule has 6 heteroatoms. The lowest BCUT2D eigenvalue weighted by Gasteiger charge is -2.17. The van der Waals surface area contributed by atoms with Crippen LogP contribution in [0.3, 0.4) is 0 Å². The third-order valence-corrected chi connectivity index (χ3v) is 5.21. The number of aromatic nitrogens is 1. The highest BCUT2D eigenvalue weighted by molar-refractivity contribution is 7.19. The van der Waals surface area contributed by atoms with Crippen molar-refractivity contribution in [1.29, 1.82) is 0 Å². The van der Waals surface area contributed by atoms with Crippen LogP contribution in [0.5, 0.6) is 0 Å². The van der Waals surface area contributed by atoms with Crippen molar-refractivity contribution in [3.8, 4) is 0 Å². The van der Waals surface area contributed by atoms with E-state index in [9.17, 15) is 4.79 Å². The first-order valence-corrected chi connectivity index (χ1v) is 8.38. The lowest BCUT2D eigenvalue weighted by Crippen LogP contribution is -2.31. The fraction of sp³-hybridized carbons (Fsp3) is 0.176. The third-order valence-electron chi connectivity index (χ3n) is 3.51. The Morgan fingerprint density at radius 2 is 2.13 bits per heavy atom. The van der Waals surface area contributed by atoms with Crippen LogP contribution in [0.25, 0.3) is 10.1 Å². The van der Waals surface area contributed by atoms with Crippen LogP contribution in [0.4, 0.5) is 5.69 Å². The molecule has 3 rings (SSSR count). The number of carbonyl (C=O) groups is 1. The SMILES string of the molecule is CN(Cc1sc2ccccc2c1Cl)C(=O)CNc1cccnc1. The monoisotopic (exact) mass is 345 g/mol. The summed E-state index contributed by atoms with van der Waals surface area (Å²) in [5, 5.41) is 4.86. The van der Waals surface area contributed by atoms with Gasteiger partial charge in [0, 0.05) is 34.4 Å². The molecule has 0 aliphatic heterocycles. The van der Waals surface area contributed by atoms with Crippen molar-refractivity contribution in [3.05, 3.63) is 58.7 Å². The van der Waals surface area contributed by atoms with E-state index < -0.39 is 0 Å². The van der Waals surface area contributed by atoms with E-state index in [1.165, 1.54) is 0 Å². The van der Waals surface area contributed by atoms with Gasteiger partial charge in [0.15, 0.2) is 0 Å². The van der Waals surface area contributed by atoms with E-state index >= 15 is 0 Å². The molecule has 1 N–H and O–H groups in total. The molecule has 3 aromatic rings. The molecule has 0 unspecified atom stereocenters. The van der Waals surface area contributed by atoms with Crippen LogP contribution in [0.15, 0.2) is 48.8 Å². The summed E-state index contributed by atoms with van der Waals surface area (Å²) in [6, 6.07) is 11.7. The molecule has 1 aromatic carbocycles. The zero-order valence-electron chi connectivity index (χ0n) is 12.6. The maximum absolute atomic E-state index is 12.3. The van der Waals surface area contributed by atoms with Gasteiger partial charge < -0.3 is 10.2 Å². The van der Waals surface area contributed by atoms with E-state index in [0.29, 0.717) is 6.54 Å². The molecule has 0 fully saturated rings. The molecular weight excluding hydrogens is 330 g/mol. The molecule has 0 bridgehead atoms. The van der Waals surface area contributed by atoms with Gasteiger partial charge in [-0.2, -0.15) is 0 Å². The molecule has 118 valence electrons. The van der Waals surface area contributed by atoms with E-state index in [1.807, 2.05) is 36.4 Å². The highest BCUT2D eigenvalue weighted by Gasteiger charge is 2.15. The smallest absolute Gasteiger partial charge is 0.241 e. The van der Waals surface area contributed by atoms with Gasteiger partial charge in [0.2, 0.25) is 5.91 Å². The molecule has 2 aromatic heterocycles.